The number of hydrogen-bond acceptors (Lipinski definition) is 4. The molecule has 4 nitrogen and oxygen atoms in total. The maximum absolute atomic E-state index is 15.1. The van der Waals surface area contributed by atoms with Gasteiger partial charge in [-0.15, -0.1) is 0 Å². The molecule has 0 heterocycles. The molecular weight excluding hydrogens is 379 g/mol. The Hall–Kier alpha value is -3.52. The topological polar surface area (TPSA) is 83.9 Å². The fourth-order valence-electron chi connectivity index (χ4n) is 5.59. The fraction of sp³-hybridized carbons (Fsp3) is 0.240. The number of halogens is 1. The molecule has 0 aliphatic heterocycles. The lowest BCUT2D eigenvalue weighted by Crippen LogP contribution is -2.51. The van der Waals surface area contributed by atoms with E-state index in [1.807, 2.05) is 6.08 Å². The molecule has 2 atom stereocenters. The van der Waals surface area contributed by atoms with Crippen LogP contribution < -0.4 is 5.73 Å². The molecule has 0 aromatic heterocycles. The van der Waals surface area contributed by atoms with E-state index in [-0.39, 0.29) is 28.3 Å². The zero-order valence-electron chi connectivity index (χ0n) is 16.2. The number of rotatable bonds is 1. The summed E-state index contributed by atoms with van der Waals surface area (Å²) in [6.45, 7) is 0. The van der Waals surface area contributed by atoms with Gasteiger partial charge in [-0.05, 0) is 42.4 Å². The van der Waals surface area contributed by atoms with Crippen molar-refractivity contribution < 1.29 is 14.0 Å². The maximum atomic E-state index is 15.1. The second-order valence-electron chi connectivity index (χ2n) is 8.11. The number of ketones is 2. The Bertz CT molecular complexity index is 1180. The van der Waals surface area contributed by atoms with Crippen LogP contribution in [-0.4, -0.2) is 11.6 Å². The minimum atomic E-state index is -1.80. The van der Waals surface area contributed by atoms with Crippen molar-refractivity contribution in [2.45, 2.75) is 25.2 Å². The van der Waals surface area contributed by atoms with Crippen LogP contribution in [0.4, 0.5) is 4.39 Å². The molecule has 30 heavy (non-hydrogen) atoms. The van der Waals surface area contributed by atoms with Crippen molar-refractivity contribution in [3.05, 3.63) is 94.0 Å². The summed E-state index contributed by atoms with van der Waals surface area (Å²) in [7, 11) is 0. The molecule has 0 bridgehead atoms. The van der Waals surface area contributed by atoms with E-state index >= 15 is 4.39 Å². The Morgan fingerprint density at radius 1 is 1.03 bits per heavy atom. The number of benzene rings is 2. The lowest BCUT2D eigenvalue weighted by Gasteiger charge is -2.46. The number of carbonyl (C=O) groups is 2. The van der Waals surface area contributed by atoms with Gasteiger partial charge in [-0.3, -0.25) is 9.59 Å². The molecule has 2 aromatic carbocycles. The highest BCUT2D eigenvalue weighted by atomic mass is 19.1. The minimum absolute atomic E-state index is 0.0474. The number of carbonyl (C=O) groups excluding carboxylic acids is 2. The number of hydrogen-bond donors (Lipinski definition) is 1. The molecule has 0 unspecified atom stereocenters. The molecular formula is C25H19FN2O2. The molecule has 0 fully saturated rings. The average molecular weight is 398 g/mol. The Morgan fingerprint density at radius 2 is 1.67 bits per heavy atom. The molecule has 5 heteroatoms. The quantitative estimate of drug-likeness (QED) is 0.719. The fourth-order valence-corrected chi connectivity index (χ4v) is 5.59. The van der Waals surface area contributed by atoms with Crippen molar-refractivity contribution in [1.82, 2.24) is 0 Å². The predicted molar refractivity (Wildman–Crippen MR) is 109 cm³/mol. The molecule has 1 spiro atoms. The Kier molecular flexibility index (Phi) is 4.01. The molecule has 0 saturated heterocycles. The van der Waals surface area contributed by atoms with Gasteiger partial charge in [0.25, 0.3) is 0 Å². The number of nitrogens with two attached hydrogens (primary N) is 1. The summed E-state index contributed by atoms with van der Waals surface area (Å²) in [5, 5.41) is 9.92. The summed E-state index contributed by atoms with van der Waals surface area (Å²) >= 11 is 0. The van der Waals surface area contributed by atoms with Crippen molar-refractivity contribution in [3.8, 4) is 6.07 Å². The molecule has 3 aliphatic carbocycles. The van der Waals surface area contributed by atoms with E-state index in [0.717, 1.165) is 18.4 Å². The van der Waals surface area contributed by atoms with Gasteiger partial charge in [0.1, 0.15) is 17.3 Å². The normalized spacial score (nSPS) is 24.3. The van der Waals surface area contributed by atoms with Crippen LogP contribution in [0.3, 0.4) is 0 Å². The number of nitriles is 1. The third-order valence-corrected chi connectivity index (χ3v) is 6.82. The first-order valence-corrected chi connectivity index (χ1v) is 10.1. The Morgan fingerprint density at radius 3 is 2.30 bits per heavy atom. The van der Waals surface area contributed by atoms with Crippen LogP contribution in [0.1, 0.15) is 51.5 Å². The Balaban J connectivity index is 1.90. The van der Waals surface area contributed by atoms with Gasteiger partial charge in [-0.1, -0.05) is 48.5 Å². The molecule has 0 amide bonds. The smallest absolute Gasteiger partial charge is 0.184 e. The number of fused-ring (bicyclic) bond motifs is 2. The summed E-state index contributed by atoms with van der Waals surface area (Å²) in [5.74, 6) is -2.48. The first-order chi connectivity index (χ1) is 14.5. The van der Waals surface area contributed by atoms with E-state index < -0.39 is 28.7 Å². The van der Waals surface area contributed by atoms with E-state index in [2.05, 4.69) is 6.07 Å². The van der Waals surface area contributed by atoms with Gasteiger partial charge in [0.05, 0.1) is 5.57 Å². The zero-order valence-corrected chi connectivity index (χ0v) is 16.2. The lowest BCUT2D eigenvalue weighted by molar-refractivity contribution is 0.0656. The van der Waals surface area contributed by atoms with Crippen LogP contribution in [-0.2, 0) is 0 Å². The summed E-state index contributed by atoms with van der Waals surface area (Å²) in [6.07, 6.45) is 4.23. The van der Waals surface area contributed by atoms with E-state index in [1.165, 1.54) is 6.07 Å². The number of allylic oxidation sites excluding steroid dienone is 4. The SMILES string of the molecule is N#CC1=C(N)C2(C(=O)c3ccccc3C2=O)[C@@H](c2ccccc2F)[C@@H]2CCCC=C12. The van der Waals surface area contributed by atoms with Crippen LogP contribution in [0.25, 0.3) is 0 Å². The zero-order chi connectivity index (χ0) is 21.0. The molecule has 0 radical (unpaired) electrons. The number of Topliss-reactive ketones (excluding diaryl/α,β-unsaturated/α-hetero) is 2. The Labute approximate surface area is 173 Å². The van der Waals surface area contributed by atoms with Gasteiger partial charge in [0.2, 0.25) is 0 Å². The average Bonchev–Trinajstić information content (AvgIpc) is 2.99. The molecule has 3 aliphatic rings. The summed E-state index contributed by atoms with van der Waals surface area (Å²) < 4.78 is 15.1. The highest BCUT2D eigenvalue weighted by Gasteiger charge is 2.65. The van der Waals surface area contributed by atoms with Crippen LogP contribution in [0.2, 0.25) is 0 Å². The van der Waals surface area contributed by atoms with E-state index in [0.29, 0.717) is 12.0 Å². The van der Waals surface area contributed by atoms with Crippen LogP contribution in [0, 0.1) is 28.5 Å². The van der Waals surface area contributed by atoms with Crippen molar-refractivity contribution in [1.29, 1.82) is 5.26 Å². The van der Waals surface area contributed by atoms with Gasteiger partial charge in [-0.2, -0.15) is 5.26 Å². The molecule has 2 aromatic rings. The molecule has 148 valence electrons. The maximum Gasteiger partial charge on any atom is 0.184 e. The number of nitrogens with zero attached hydrogens (tertiary/aromatic N) is 1. The van der Waals surface area contributed by atoms with Crippen molar-refractivity contribution in [2.75, 3.05) is 0 Å². The van der Waals surface area contributed by atoms with E-state index in [1.54, 1.807) is 42.5 Å². The summed E-state index contributed by atoms with van der Waals surface area (Å²) in [6, 6.07) is 15.0. The van der Waals surface area contributed by atoms with Crippen LogP contribution in [0.5, 0.6) is 0 Å². The van der Waals surface area contributed by atoms with Gasteiger partial charge in [0.15, 0.2) is 11.6 Å². The standard InChI is InChI=1S/C25H19FN2O2/c26-20-12-6-5-11-18(20)21-15-8-2-1-7-14(15)19(13-27)22(28)25(21)23(29)16-9-3-4-10-17(16)24(25)30/h3-7,9-12,15,21H,1-2,8,28H2/t15-,21-/m1/s1. The van der Waals surface area contributed by atoms with Crippen molar-refractivity contribution in [3.63, 3.8) is 0 Å². The largest absolute Gasteiger partial charge is 0.400 e. The monoisotopic (exact) mass is 398 g/mol. The third kappa shape index (κ3) is 2.14. The van der Waals surface area contributed by atoms with Gasteiger partial charge >= 0.3 is 0 Å². The van der Waals surface area contributed by atoms with Crippen LogP contribution in [0.15, 0.2) is 71.5 Å². The van der Waals surface area contributed by atoms with Crippen molar-refractivity contribution >= 4 is 11.6 Å². The first kappa shape index (κ1) is 18.5. The summed E-state index contributed by atoms with van der Waals surface area (Å²) in [4.78, 5) is 27.7. The predicted octanol–water partition coefficient (Wildman–Crippen LogP) is 4.45. The highest BCUT2D eigenvalue weighted by Crippen LogP contribution is 2.61. The molecule has 5 rings (SSSR count). The highest BCUT2D eigenvalue weighted by molar-refractivity contribution is 6.32. The van der Waals surface area contributed by atoms with Gasteiger partial charge in [-0.25, -0.2) is 4.39 Å². The molecule has 0 saturated carbocycles. The molecule has 2 N–H and O–H groups in total. The van der Waals surface area contributed by atoms with E-state index in [4.69, 9.17) is 5.73 Å². The minimum Gasteiger partial charge on any atom is -0.400 e. The van der Waals surface area contributed by atoms with Crippen LogP contribution >= 0.6 is 0 Å². The summed E-state index contributed by atoms with van der Waals surface area (Å²) in [5.41, 5.74) is 6.48. The second-order valence-corrected chi connectivity index (χ2v) is 8.11. The van der Waals surface area contributed by atoms with E-state index in [9.17, 15) is 14.9 Å². The second kappa shape index (κ2) is 6.50. The first-order valence-electron chi connectivity index (χ1n) is 10.1. The van der Waals surface area contributed by atoms with Gasteiger partial charge in [0, 0.05) is 22.7 Å². The third-order valence-electron chi connectivity index (χ3n) is 6.82. The lowest BCUT2D eigenvalue weighted by atomic mass is 9.54. The van der Waals surface area contributed by atoms with Gasteiger partial charge < -0.3 is 5.73 Å². The van der Waals surface area contributed by atoms with Crippen molar-refractivity contribution in [2.24, 2.45) is 17.1 Å².